The second kappa shape index (κ2) is 6.66. The number of hydrogen-bond donors (Lipinski definition) is 0. The van der Waals surface area contributed by atoms with E-state index in [0.29, 0.717) is 11.8 Å². The fraction of sp³-hybridized carbons (Fsp3) is 0.500. The molecule has 0 aliphatic rings. The monoisotopic (exact) mass is 334 g/mol. The van der Waals surface area contributed by atoms with Gasteiger partial charge >= 0.3 is 0 Å². The van der Waals surface area contributed by atoms with Crippen molar-refractivity contribution in [1.82, 2.24) is 0 Å². The zero-order chi connectivity index (χ0) is 11.3. The van der Waals surface area contributed by atoms with Gasteiger partial charge < -0.3 is 4.74 Å². The summed E-state index contributed by atoms with van der Waals surface area (Å²) in [6.45, 7) is 3.02. The Hall–Kier alpha value is 0.140. The minimum absolute atomic E-state index is 0.512. The summed E-state index contributed by atoms with van der Waals surface area (Å²) in [5, 5.41) is 0.971. The van der Waals surface area contributed by atoms with Gasteiger partial charge in [0.25, 0.3) is 0 Å². The summed E-state index contributed by atoms with van der Waals surface area (Å²) in [4.78, 5) is 0. The molecule has 3 heteroatoms. The second-order valence-corrected chi connectivity index (χ2v) is 5.31. The van der Waals surface area contributed by atoms with Crippen LogP contribution in [-0.2, 0) is 4.74 Å². The Kier molecular flexibility index (Phi) is 5.87. The molecule has 0 N–H and O–H groups in total. The number of ether oxygens (including phenoxy) is 1. The van der Waals surface area contributed by atoms with Gasteiger partial charge in [0.1, 0.15) is 0 Å². The number of rotatable bonds is 5. The molecule has 0 bridgehead atoms. The van der Waals surface area contributed by atoms with Crippen molar-refractivity contribution >= 4 is 31.9 Å². The zero-order valence-corrected chi connectivity index (χ0v) is 12.2. The topological polar surface area (TPSA) is 9.23 Å². The molecular formula is C12H16Br2O. The molecule has 0 spiro atoms. The fourth-order valence-corrected chi connectivity index (χ4v) is 2.94. The predicted octanol–water partition coefficient (Wildman–Crippen LogP) is 4.21. The van der Waals surface area contributed by atoms with Gasteiger partial charge in [-0.3, -0.25) is 0 Å². The van der Waals surface area contributed by atoms with E-state index in [2.05, 4.69) is 63.0 Å². The maximum Gasteiger partial charge on any atom is 0.0493 e. The van der Waals surface area contributed by atoms with Gasteiger partial charge in [-0.1, -0.05) is 50.9 Å². The van der Waals surface area contributed by atoms with E-state index in [-0.39, 0.29) is 0 Å². The Morgan fingerprint density at radius 3 is 2.33 bits per heavy atom. The van der Waals surface area contributed by atoms with Crippen molar-refractivity contribution in [3.05, 3.63) is 34.3 Å². The van der Waals surface area contributed by atoms with Gasteiger partial charge in [-0.05, 0) is 29.5 Å². The Labute approximate surface area is 108 Å². The number of halogens is 2. The molecule has 0 saturated heterocycles. The fourth-order valence-electron chi connectivity index (χ4n) is 1.66. The first-order valence-electron chi connectivity index (χ1n) is 4.99. The van der Waals surface area contributed by atoms with Crippen molar-refractivity contribution < 1.29 is 4.74 Å². The van der Waals surface area contributed by atoms with Crippen LogP contribution in [0.15, 0.2) is 28.7 Å². The van der Waals surface area contributed by atoms with Crippen LogP contribution in [0.25, 0.3) is 0 Å². The molecule has 0 heterocycles. The van der Waals surface area contributed by atoms with Gasteiger partial charge in [-0.25, -0.2) is 0 Å². The second-order valence-electron chi connectivity index (χ2n) is 3.74. The zero-order valence-electron chi connectivity index (χ0n) is 9.04. The highest BCUT2D eigenvalue weighted by Gasteiger charge is 2.17. The lowest BCUT2D eigenvalue weighted by Gasteiger charge is -2.21. The summed E-state index contributed by atoms with van der Waals surface area (Å²) in [7, 11) is 1.75. The molecule has 0 aliphatic heterocycles. The average molecular weight is 336 g/mol. The van der Waals surface area contributed by atoms with Crippen molar-refractivity contribution in [2.24, 2.45) is 5.92 Å². The molecule has 1 aromatic rings. The Morgan fingerprint density at radius 1 is 1.27 bits per heavy atom. The molecule has 1 nitrogen and oxygen atoms in total. The summed E-state index contributed by atoms with van der Waals surface area (Å²) in [5.74, 6) is 1.04. The lowest BCUT2D eigenvalue weighted by Crippen LogP contribution is -2.16. The van der Waals surface area contributed by atoms with Crippen LogP contribution in [0, 0.1) is 5.92 Å². The van der Waals surface area contributed by atoms with Crippen LogP contribution in [0.4, 0.5) is 0 Å². The predicted molar refractivity (Wildman–Crippen MR) is 71.7 cm³/mol. The summed E-state index contributed by atoms with van der Waals surface area (Å²) < 4.78 is 6.33. The van der Waals surface area contributed by atoms with E-state index in [4.69, 9.17) is 4.74 Å². The SMILES string of the molecule is COCC(C)C(CBr)c1ccc(Br)cc1. The van der Waals surface area contributed by atoms with Crippen LogP contribution in [0.5, 0.6) is 0 Å². The maximum atomic E-state index is 5.20. The van der Waals surface area contributed by atoms with Gasteiger partial charge in [0, 0.05) is 23.5 Å². The summed E-state index contributed by atoms with van der Waals surface area (Å²) in [5.41, 5.74) is 1.36. The molecule has 0 fully saturated rings. The lowest BCUT2D eigenvalue weighted by molar-refractivity contribution is 0.150. The summed E-state index contributed by atoms with van der Waals surface area (Å²) in [6.07, 6.45) is 0. The van der Waals surface area contributed by atoms with Gasteiger partial charge in [0.2, 0.25) is 0 Å². The van der Waals surface area contributed by atoms with E-state index in [1.165, 1.54) is 5.56 Å². The Balaban J connectivity index is 2.77. The van der Waals surface area contributed by atoms with Crippen LogP contribution in [0.3, 0.4) is 0 Å². The third kappa shape index (κ3) is 3.89. The molecule has 1 aromatic carbocycles. The molecule has 2 unspecified atom stereocenters. The summed E-state index contributed by atoms with van der Waals surface area (Å²) in [6, 6.07) is 8.51. The van der Waals surface area contributed by atoms with Crippen LogP contribution < -0.4 is 0 Å². The van der Waals surface area contributed by atoms with E-state index in [1.807, 2.05) is 0 Å². The Morgan fingerprint density at radius 2 is 1.87 bits per heavy atom. The number of benzene rings is 1. The van der Waals surface area contributed by atoms with E-state index in [1.54, 1.807) is 7.11 Å². The van der Waals surface area contributed by atoms with Crippen LogP contribution in [0.1, 0.15) is 18.4 Å². The molecule has 0 aromatic heterocycles. The molecular weight excluding hydrogens is 320 g/mol. The van der Waals surface area contributed by atoms with E-state index in [9.17, 15) is 0 Å². The van der Waals surface area contributed by atoms with Crippen molar-refractivity contribution in [2.75, 3.05) is 19.0 Å². The third-order valence-corrected chi connectivity index (χ3v) is 3.81. The van der Waals surface area contributed by atoms with E-state index >= 15 is 0 Å². The number of methoxy groups -OCH3 is 1. The van der Waals surface area contributed by atoms with Gasteiger partial charge in [-0.15, -0.1) is 0 Å². The van der Waals surface area contributed by atoms with Gasteiger partial charge in [-0.2, -0.15) is 0 Å². The standard InChI is InChI=1S/C12H16Br2O/c1-9(8-15-2)12(7-13)10-3-5-11(14)6-4-10/h3-6,9,12H,7-8H2,1-2H3. The van der Waals surface area contributed by atoms with Crippen LogP contribution in [-0.4, -0.2) is 19.0 Å². The first-order valence-corrected chi connectivity index (χ1v) is 6.90. The third-order valence-electron chi connectivity index (χ3n) is 2.58. The largest absolute Gasteiger partial charge is 0.384 e. The molecule has 84 valence electrons. The molecule has 1 rings (SSSR count). The minimum Gasteiger partial charge on any atom is -0.384 e. The van der Waals surface area contributed by atoms with Crippen molar-refractivity contribution in [2.45, 2.75) is 12.8 Å². The minimum atomic E-state index is 0.512. The average Bonchev–Trinajstić information content (AvgIpc) is 2.22. The van der Waals surface area contributed by atoms with E-state index in [0.717, 1.165) is 16.4 Å². The highest BCUT2D eigenvalue weighted by atomic mass is 79.9. The highest BCUT2D eigenvalue weighted by molar-refractivity contribution is 9.10. The Bertz CT molecular complexity index is 284. The van der Waals surface area contributed by atoms with Crippen LogP contribution >= 0.6 is 31.9 Å². The van der Waals surface area contributed by atoms with Crippen LogP contribution in [0.2, 0.25) is 0 Å². The molecule has 0 saturated carbocycles. The number of hydrogen-bond acceptors (Lipinski definition) is 1. The lowest BCUT2D eigenvalue weighted by atomic mass is 9.89. The quantitative estimate of drug-likeness (QED) is 0.732. The molecule has 0 radical (unpaired) electrons. The first-order chi connectivity index (χ1) is 7.19. The first kappa shape index (κ1) is 13.2. The highest BCUT2D eigenvalue weighted by Crippen LogP contribution is 2.27. The van der Waals surface area contributed by atoms with Crippen molar-refractivity contribution in [1.29, 1.82) is 0 Å². The van der Waals surface area contributed by atoms with Gasteiger partial charge in [0.15, 0.2) is 0 Å². The van der Waals surface area contributed by atoms with Crippen molar-refractivity contribution in [3.63, 3.8) is 0 Å². The van der Waals surface area contributed by atoms with E-state index < -0.39 is 0 Å². The molecule has 2 atom stereocenters. The maximum absolute atomic E-state index is 5.20. The molecule has 0 aliphatic carbocycles. The molecule has 0 amide bonds. The smallest absolute Gasteiger partial charge is 0.0493 e. The number of alkyl halides is 1. The van der Waals surface area contributed by atoms with Crippen molar-refractivity contribution in [3.8, 4) is 0 Å². The normalized spacial score (nSPS) is 14.9. The molecule has 15 heavy (non-hydrogen) atoms. The summed E-state index contributed by atoms with van der Waals surface area (Å²) >= 11 is 7.02. The van der Waals surface area contributed by atoms with Gasteiger partial charge in [0.05, 0.1) is 0 Å².